The highest BCUT2D eigenvalue weighted by molar-refractivity contribution is 6.40. The third-order valence-electron chi connectivity index (χ3n) is 3.24. The molecule has 0 spiro atoms. The zero-order valence-electron chi connectivity index (χ0n) is 12.7. The second kappa shape index (κ2) is 7.36. The molecule has 5 heteroatoms. The van der Waals surface area contributed by atoms with E-state index in [-0.39, 0.29) is 6.54 Å². The fraction of sp³-hybridized carbons (Fsp3) is 0.235. The molecule has 0 fully saturated rings. The van der Waals surface area contributed by atoms with Gasteiger partial charge in [-0.1, -0.05) is 18.2 Å². The molecule has 2 rings (SSSR count). The van der Waals surface area contributed by atoms with Crippen molar-refractivity contribution in [3.8, 4) is 0 Å². The molecule has 5 nitrogen and oxygen atoms in total. The van der Waals surface area contributed by atoms with Crippen molar-refractivity contribution >= 4 is 17.5 Å². The molecule has 0 aliphatic rings. The molecule has 0 atom stereocenters. The first-order chi connectivity index (χ1) is 10.6. The molecule has 0 saturated heterocycles. The monoisotopic (exact) mass is 297 g/mol. The van der Waals surface area contributed by atoms with E-state index in [2.05, 4.69) is 10.3 Å². The third kappa shape index (κ3) is 3.91. The number of carbonyl (C=O) groups excluding carboxylic acids is 2. The van der Waals surface area contributed by atoms with Crippen molar-refractivity contribution in [2.24, 2.45) is 0 Å². The summed E-state index contributed by atoms with van der Waals surface area (Å²) >= 11 is 0. The van der Waals surface area contributed by atoms with Crippen LogP contribution in [0.2, 0.25) is 0 Å². The fourth-order valence-electron chi connectivity index (χ4n) is 2.12. The largest absolute Gasteiger partial charge is 0.344 e. The van der Waals surface area contributed by atoms with Crippen LogP contribution in [-0.4, -0.2) is 23.3 Å². The minimum Gasteiger partial charge on any atom is -0.344 e. The predicted octanol–water partition coefficient (Wildman–Crippen LogP) is 2.06. The van der Waals surface area contributed by atoms with Gasteiger partial charge in [-0.15, -0.1) is 0 Å². The number of amides is 2. The molecule has 0 unspecified atom stereocenters. The number of nitrogens with zero attached hydrogens (tertiary/aromatic N) is 2. The summed E-state index contributed by atoms with van der Waals surface area (Å²) in [5.74, 6) is -1.18. The van der Waals surface area contributed by atoms with Crippen molar-refractivity contribution in [1.82, 2.24) is 10.3 Å². The number of aryl methyl sites for hydroxylation is 1. The Bertz CT molecular complexity index is 656. The van der Waals surface area contributed by atoms with E-state index in [1.165, 1.54) is 4.90 Å². The fourth-order valence-corrected chi connectivity index (χ4v) is 2.12. The molecular formula is C17H19N3O2. The number of hydrogen-bond acceptors (Lipinski definition) is 3. The zero-order valence-corrected chi connectivity index (χ0v) is 12.7. The first-order valence-corrected chi connectivity index (χ1v) is 7.17. The van der Waals surface area contributed by atoms with E-state index in [4.69, 9.17) is 0 Å². The summed E-state index contributed by atoms with van der Waals surface area (Å²) in [5.41, 5.74) is 2.62. The number of aromatic nitrogens is 1. The summed E-state index contributed by atoms with van der Waals surface area (Å²) in [7, 11) is 0. The van der Waals surface area contributed by atoms with Gasteiger partial charge in [0.15, 0.2) is 0 Å². The smallest absolute Gasteiger partial charge is 0.316 e. The third-order valence-corrected chi connectivity index (χ3v) is 3.24. The van der Waals surface area contributed by atoms with Crippen molar-refractivity contribution in [3.63, 3.8) is 0 Å². The second-order valence-electron chi connectivity index (χ2n) is 4.93. The van der Waals surface area contributed by atoms with Crippen molar-refractivity contribution < 1.29 is 9.59 Å². The van der Waals surface area contributed by atoms with Crippen LogP contribution in [0.5, 0.6) is 0 Å². The summed E-state index contributed by atoms with van der Waals surface area (Å²) in [6.45, 7) is 4.51. The predicted molar refractivity (Wildman–Crippen MR) is 85.3 cm³/mol. The lowest BCUT2D eigenvalue weighted by molar-refractivity contribution is -0.137. The van der Waals surface area contributed by atoms with Crippen molar-refractivity contribution in [3.05, 3.63) is 59.9 Å². The molecular weight excluding hydrogens is 278 g/mol. The maximum Gasteiger partial charge on any atom is 0.316 e. The molecule has 0 aliphatic carbocycles. The van der Waals surface area contributed by atoms with E-state index in [0.717, 1.165) is 16.8 Å². The molecule has 0 saturated carbocycles. The van der Waals surface area contributed by atoms with Crippen LogP contribution in [0.4, 0.5) is 5.69 Å². The lowest BCUT2D eigenvalue weighted by Crippen LogP contribution is -2.42. The topological polar surface area (TPSA) is 62.3 Å². The van der Waals surface area contributed by atoms with Crippen LogP contribution >= 0.6 is 0 Å². The number of nitrogens with one attached hydrogen (secondary N) is 1. The molecule has 1 aromatic heterocycles. The Morgan fingerprint density at radius 3 is 2.68 bits per heavy atom. The van der Waals surface area contributed by atoms with Gasteiger partial charge < -0.3 is 10.2 Å². The molecule has 0 aliphatic heterocycles. The Kier molecular flexibility index (Phi) is 5.25. The lowest BCUT2D eigenvalue weighted by atomic mass is 10.2. The molecule has 114 valence electrons. The number of benzene rings is 1. The van der Waals surface area contributed by atoms with Crippen LogP contribution in [0.1, 0.15) is 18.1 Å². The van der Waals surface area contributed by atoms with Crippen LogP contribution in [0, 0.1) is 6.92 Å². The molecule has 2 aromatic rings. The van der Waals surface area contributed by atoms with Gasteiger partial charge >= 0.3 is 11.8 Å². The number of hydrogen-bond donors (Lipinski definition) is 1. The van der Waals surface area contributed by atoms with Crippen molar-refractivity contribution in [2.45, 2.75) is 20.4 Å². The lowest BCUT2D eigenvalue weighted by Gasteiger charge is -2.20. The Balaban J connectivity index is 2.03. The van der Waals surface area contributed by atoms with Crippen LogP contribution in [0.15, 0.2) is 48.8 Å². The molecule has 1 aromatic carbocycles. The Morgan fingerprint density at radius 1 is 1.23 bits per heavy atom. The van der Waals surface area contributed by atoms with Crippen LogP contribution in [0.3, 0.4) is 0 Å². The van der Waals surface area contributed by atoms with Gasteiger partial charge in [0.1, 0.15) is 0 Å². The van der Waals surface area contributed by atoms with Gasteiger partial charge in [0, 0.05) is 31.2 Å². The maximum atomic E-state index is 12.3. The first kappa shape index (κ1) is 15.7. The van der Waals surface area contributed by atoms with Crippen molar-refractivity contribution in [1.29, 1.82) is 0 Å². The molecule has 1 heterocycles. The quantitative estimate of drug-likeness (QED) is 0.879. The Morgan fingerprint density at radius 2 is 2.05 bits per heavy atom. The average molecular weight is 297 g/mol. The molecule has 0 bridgehead atoms. The van der Waals surface area contributed by atoms with E-state index in [9.17, 15) is 9.59 Å². The summed E-state index contributed by atoms with van der Waals surface area (Å²) in [5, 5.41) is 2.63. The highest BCUT2D eigenvalue weighted by Gasteiger charge is 2.21. The number of carbonyl (C=O) groups is 2. The average Bonchev–Trinajstić information content (AvgIpc) is 2.54. The van der Waals surface area contributed by atoms with Gasteiger partial charge in [0.25, 0.3) is 0 Å². The van der Waals surface area contributed by atoms with E-state index >= 15 is 0 Å². The van der Waals surface area contributed by atoms with Gasteiger partial charge in [0.05, 0.1) is 0 Å². The van der Waals surface area contributed by atoms with Crippen molar-refractivity contribution in [2.75, 3.05) is 11.4 Å². The van der Waals surface area contributed by atoms with E-state index < -0.39 is 11.8 Å². The van der Waals surface area contributed by atoms with Gasteiger partial charge in [-0.2, -0.15) is 0 Å². The minimum atomic E-state index is -0.618. The summed E-state index contributed by atoms with van der Waals surface area (Å²) < 4.78 is 0. The van der Waals surface area contributed by atoms with E-state index in [1.54, 1.807) is 18.5 Å². The highest BCUT2D eigenvalue weighted by atomic mass is 16.2. The zero-order chi connectivity index (χ0) is 15.9. The number of anilines is 1. The Labute approximate surface area is 130 Å². The van der Waals surface area contributed by atoms with Gasteiger partial charge in [0.2, 0.25) is 0 Å². The molecule has 2 amide bonds. The molecule has 1 N–H and O–H groups in total. The van der Waals surface area contributed by atoms with Gasteiger partial charge in [-0.25, -0.2) is 0 Å². The van der Waals surface area contributed by atoms with Crippen LogP contribution < -0.4 is 10.2 Å². The number of rotatable bonds is 4. The van der Waals surface area contributed by atoms with Crippen LogP contribution in [0.25, 0.3) is 0 Å². The SMILES string of the molecule is CCN(C(=O)C(=O)NCc1cccnc1)c1cccc(C)c1. The maximum absolute atomic E-state index is 12.3. The summed E-state index contributed by atoms with van der Waals surface area (Å²) in [6, 6.07) is 11.2. The molecule has 22 heavy (non-hydrogen) atoms. The normalized spacial score (nSPS) is 10.1. The standard InChI is InChI=1S/C17H19N3O2/c1-3-20(15-8-4-6-13(2)10-15)17(22)16(21)19-12-14-7-5-9-18-11-14/h4-11H,3,12H2,1-2H3,(H,19,21). The second-order valence-corrected chi connectivity index (χ2v) is 4.93. The van der Waals surface area contributed by atoms with Gasteiger partial charge in [-0.05, 0) is 43.2 Å². The van der Waals surface area contributed by atoms with Crippen LogP contribution in [-0.2, 0) is 16.1 Å². The summed E-state index contributed by atoms with van der Waals surface area (Å²) in [6.07, 6.45) is 3.32. The van der Waals surface area contributed by atoms with E-state index in [1.807, 2.05) is 44.2 Å². The minimum absolute atomic E-state index is 0.282. The number of likely N-dealkylation sites (N-methyl/N-ethyl adjacent to an activating group) is 1. The van der Waals surface area contributed by atoms with E-state index in [0.29, 0.717) is 6.54 Å². The highest BCUT2D eigenvalue weighted by Crippen LogP contribution is 2.15. The number of pyridine rings is 1. The first-order valence-electron chi connectivity index (χ1n) is 7.17. The summed E-state index contributed by atoms with van der Waals surface area (Å²) in [4.78, 5) is 29.8. The molecule has 0 radical (unpaired) electrons. The Hall–Kier alpha value is -2.69. The van der Waals surface area contributed by atoms with Gasteiger partial charge in [-0.3, -0.25) is 14.6 Å².